The molecule has 1 aliphatic heterocycles. The first-order valence-electron chi connectivity index (χ1n) is 9.43. The number of thiocarbonyl (C=S) groups is 1. The van der Waals surface area contributed by atoms with E-state index < -0.39 is 0 Å². The van der Waals surface area contributed by atoms with Crippen LogP contribution in [-0.2, 0) is 4.79 Å². The van der Waals surface area contributed by atoms with Crippen LogP contribution in [0.1, 0.15) is 31.7 Å². The van der Waals surface area contributed by atoms with E-state index in [1.54, 1.807) is 18.2 Å². The van der Waals surface area contributed by atoms with Crippen molar-refractivity contribution < 1.29 is 4.79 Å². The molecule has 1 amide bonds. The third kappa shape index (κ3) is 5.81. The standard InChI is InChI=1S/C22H24ClN3OS/c1-16-4-2-3-15-26(16)20-12-10-19(11-13-20)24-22(28)25-21(27)14-7-17-5-8-18(23)9-6-17/h5-14,16H,2-4,15H2,1H3,(H2,24,25,27,28)/b14-7+/t16-/m0/s1. The molecule has 0 saturated carbocycles. The van der Waals surface area contributed by atoms with Crippen molar-refractivity contribution >= 4 is 52.3 Å². The molecule has 2 aromatic rings. The molecule has 1 atom stereocenters. The maximum absolute atomic E-state index is 12.0. The van der Waals surface area contributed by atoms with E-state index in [0.717, 1.165) is 17.8 Å². The second-order valence-corrected chi connectivity index (χ2v) is 7.76. The van der Waals surface area contributed by atoms with Gasteiger partial charge in [0.1, 0.15) is 0 Å². The van der Waals surface area contributed by atoms with Crippen molar-refractivity contribution in [3.05, 3.63) is 65.2 Å². The third-order valence-corrected chi connectivity index (χ3v) is 5.25. The number of hydrogen-bond donors (Lipinski definition) is 2. The van der Waals surface area contributed by atoms with Crippen molar-refractivity contribution in [1.29, 1.82) is 0 Å². The number of hydrogen-bond acceptors (Lipinski definition) is 3. The van der Waals surface area contributed by atoms with Crippen molar-refractivity contribution in [3.63, 3.8) is 0 Å². The van der Waals surface area contributed by atoms with Crippen LogP contribution >= 0.6 is 23.8 Å². The predicted molar refractivity (Wildman–Crippen MR) is 122 cm³/mol. The van der Waals surface area contributed by atoms with E-state index in [1.165, 1.54) is 31.0 Å². The molecule has 2 N–H and O–H groups in total. The van der Waals surface area contributed by atoms with E-state index >= 15 is 0 Å². The summed E-state index contributed by atoms with van der Waals surface area (Å²) in [5, 5.41) is 6.63. The van der Waals surface area contributed by atoms with Gasteiger partial charge in [0.25, 0.3) is 0 Å². The molecule has 4 nitrogen and oxygen atoms in total. The van der Waals surface area contributed by atoms with Crippen molar-refractivity contribution in [1.82, 2.24) is 5.32 Å². The summed E-state index contributed by atoms with van der Waals surface area (Å²) in [6.45, 7) is 3.37. The van der Waals surface area contributed by atoms with Gasteiger partial charge in [-0.05, 0) is 86.4 Å². The van der Waals surface area contributed by atoms with Crippen LogP contribution in [0.15, 0.2) is 54.6 Å². The van der Waals surface area contributed by atoms with E-state index in [0.29, 0.717) is 11.1 Å². The predicted octanol–water partition coefficient (Wildman–Crippen LogP) is 5.25. The molecule has 1 saturated heterocycles. The number of piperidine rings is 1. The molecule has 3 rings (SSSR count). The Morgan fingerprint density at radius 2 is 1.86 bits per heavy atom. The number of halogens is 1. The summed E-state index contributed by atoms with van der Waals surface area (Å²) in [6.07, 6.45) is 6.93. The molecule has 2 aromatic carbocycles. The summed E-state index contributed by atoms with van der Waals surface area (Å²) >= 11 is 11.1. The number of benzene rings is 2. The van der Waals surface area contributed by atoms with E-state index in [9.17, 15) is 4.79 Å². The average Bonchev–Trinajstić information content (AvgIpc) is 2.68. The highest BCUT2D eigenvalue weighted by Gasteiger charge is 2.18. The van der Waals surface area contributed by atoms with Gasteiger partial charge in [0.2, 0.25) is 5.91 Å². The fraction of sp³-hybridized carbons (Fsp3) is 0.273. The Morgan fingerprint density at radius 1 is 1.14 bits per heavy atom. The van der Waals surface area contributed by atoms with Crippen LogP contribution in [0.2, 0.25) is 5.02 Å². The Labute approximate surface area is 176 Å². The third-order valence-electron chi connectivity index (χ3n) is 4.79. The molecule has 0 unspecified atom stereocenters. The molecule has 28 heavy (non-hydrogen) atoms. The Morgan fingerprint density at radius 3 is 2.54 bits per heavy atom. The van der Waals surface area contributed by atoms with Crippen molar-refractivity contribution in [2.24, 2.45) is 0 Å². The van der Waals surface area contributed by atoms with Crippen molar-refractivity contribution in [3.8, 4) is 0 Å². The van der Waals surface area contributed by atoms with Gasteiger partial charge in [0.05, 0.1) is 0 Å². The van der Waals surface area contributed by atoms with E-state index in [1.807, 2.05) is 24.3 Å². The average molecular weight is 414 g/mol. The number of nitrogens with one attached hydrogen (secondary N) is 2. The zero-order chi connectivity index (χ0) is 19.9. The zero-order valence-corrected chi connectivity index (χ0v) is 17.4. The molecule has 146 valence electrons. The van der Waals surface area contributed by atoms with Gasteiger partial charge in [-0.15, -0.1) is 0 Å². The van der Waals surface area contributed by atoms with Crippen LogP contribution in [0, 0.1) is 0 Å². The summed E-state index contributed by atoms with van der Waals surface area (Å²) in [6, 6.07) is 16.0. The lowest BCUT2D eigenvalue weighted by Gasteiger charge is -2.35. The van der Waals surface area contributed by atoms with Crippen molar-refractivity contribution in [2.45, 2.75) is 32.2 Å². The normalized spacial score (nSPS) is 16.8. The lowest BCUT2D eigenvalue weighted by atomic mass is 10.0. The van der Waals surface area contributed by atoms with Crippen LogP contribution in [0.4, 0.5) is 11.4 Å². The van der Waals surface area contributed by atoms with Crippen LogP contribution in [0.5, 0.6) is 0 Å². The van der Waals surface area contributed by atoms with E-state index in [2.05, 4.69) is 34.6 Å². The van der Waals surface area contributed by atoms with Gasteiger partial charge in [-0.25, -0.2) is 0 Å². The number of amides is 1. The fourth-order valence-electron chi connectivity index (χ4n) is 3.28. The number of anilines is 2. The van der Waals surface area contributed by atoms with Gasteiger partial charge < -0.3 is 10.2 Å². The lowest BCUT2D eigenvalue weighted by molar-refractivity contribution is -0.115. The highest BCUT2D eigenvalue weighted by Crippen LogP contribution is 2.25. The minimum Gasteiger partial charge on any atom is -0.369 e. The molecule has 6 heteroatoms. The molecule has 0 aliphatic carbocycles. The Hall–Kier alpha value is -2.37. The number of carbonyl (C=O) groups excluding carboxylic acids is 1. The summed E-state index contributed by atoms with van der Waals surface area (Å²) in [5.74, 6) is -0.286. The topological polar surface area (TPSA) is 44.4 Å². The molecule has 1 aliphatic rings. The molecule has 0 radical (unpaired) electrons. The highest BCUT2D eigenvalue weighted by atomic mass is 35.5. The molecule has 1 fully saturated rings. The number of nitrogens with zero attached hydrogens (tertiary/aromatic N) is 1. The van der Waals surface area contributed by atoms with Crippen LogP contribution in [-0.4, -0.2) is 23.6 Å². The van der Waals surface area contributed by atoms with Gasteiger partial charge in [-0.1, -0.05) is 23.7 Å². The van der Waals surface area contributed by atoms with Crippen LogP contribution in [0.3, 0.4) is 0 Å². The highest BCUT2D eigenvalue weighted by molar-refractivity contribution is 7.80. The molecular formula is C22H24ClN3OS. The summed E-state index contributed by atoms with van der Waals surface area (Å²) < 4.78 is 0. The molecule has 0 aromatic heterocycles. The minimum atomic E-state index is -0.286. The quantitative estimate of drug-likeness (QED) is 0.531. The van der Waals surface area contributed by atoms with E-state index in [4.69, 9.17) is 23.8 Å². The van der Waals surface area contributed by atoms with Gasteiger partial charge in [-0.2, -0.15) is 0 Å². The lowest BCUT2D eigenvalue weighted by Crippen LogP contribution is -2.37. The minimum absolute atomic E-state index is 0.268. The van der Waals surface area contributed by atoms with Gasteiger partial charge in [0, 0.05) is 35.1 Å². The second-order valence-electron chi connectivity index (χ2n) is 6.91. The SMILES string of the molecule is C[C@H]1CCCCN1c1ccc(NC(=S)NC(=O)/C=C/c2ccc(Cl)cc2)cc1. The van der Waals surface area contributed by atoms with Crippen molar-refractivity contribution in [2.75, 3.05) is 16.8 Å². The summed E-state index contributed by atoms with van der Waals surface area (Å²) in [7, 11) is 0. The Balaban J connectivity index is 1.51. The first kappa shape index (κ1) is 20.4. The van der Waals surface area contributed by atoms with Crippen LogP contribution in [0.25, 0.3) is 6.08 Å². The first-order valence-corrected chi connectivity index (χ1v) is 10.2. The first-order chi connectivity index (χ1) is 13.5. The van der Waals surface area contributed by atoms with Gasteiger partial charge in [-0.3, -0.25) is 10.1 Å². The zero-order valence-electron chi connectivity index (χ0n) is 15.8. The Kier molecular flexibility index (Phi) is 7.06. The van der Waals surface area contributed by atoms with Gasteiger partial charge >= 0.3 is 0 Å². The maximum Gasteiger partial charge on any atom is 0.250 e. The largest absolute Gasteiger partial charge is 0.369 e. The monoisotopic (exact) mass is 413 g/mol. The second kappa shape index (κ2) is 9.71. The fourth-order valence-corrected chi connectivity index (χ4v) is 3.62. The Bertz CT molecular complexity index is 849. The molecule has 1 heterocycles. The molecule has 0 bridgehead atoms. The molecule has 0 spiro atoms. The molecular weight excluding hydrogens is 390 g/mol. The summed E-state index contributed by atoms with van der Waals surface area (Å²) in [4.78, 5) is 14.5. The summed E-state index contributed by atoms with van der Waals surface area (Å²) in [5.41, 5.74) is 2.96. The van der Waals surface area contributed by atoms with Crippen LogP contribution < -0.4 is 15.5 Å². The smallest absolute Gasteiger partial charge is 0.250 e. The maximum atomic E-state index is 12.0. The van der Waals surface area contributed by atoms with Gasteiger partial charge in [0.15, 0.2) is 5.11 Å². The number of carbonyl (C=O) groups is 1. The number of rotatable bonds is 4. The van der Waals surface area contributed by atoms with E-state index in [-0.39, 0.29) is 11.0 Å².